The van der Waals surface area contributed by atoms with Crippen molar-refractivity contribution in [2.24, 2.45) is 13.0 Å². The number of rotatable bonds is 3. The average Bonchev–Trinajstić information content (AvgIpc) is 3.41. The number of imidazole rings is 1. The van der Waals surface area contributed by atoms with Gasteiger partial charge in [0.05, 0.1) is 11.9 Å². The first-order chi connectivity index (χ1) is 14.2. The number of aromatic nitrogens is 3. The zero-order chi connectivity index (χ0) is 19.8. The van der Waals surface area contributed by atoms with Gasteiger partial charge >= 0.3 is 0 Å². The van der Waals surface area contributed by atoms with E-state index in [9.17, 15) is 4.79 Å². The summed E-state index contributed by atoms with van der Waals surface area (Å²) in [5.74, 6) is 1.08. The van der Waals surface area contributed by atoms with Gasteiger partial charge in [-0.3, -0.25) is 15.6 Å². The van der Waals surface area contributed by atoms with Crippen molar-refractivity contribution in [1.29, 1.82) is 0 Å². The molecule has 1 aromatic carbocycles. The molecule has 0 spiro atoms. The molecule has 2 saturated heterocycles. The van der Waals surface area contributed by atoms with E-state index in [1.165, 1.54) is 5.56 Å². The fourth-order valence-corrected chi connectivity index (χ4v) is 4.76. The summed E-state index contributed by atoms with van der Waals surface area (Å²) in [5.41, 5.74) is 10.4. The van der Waals surface area contributed by atoms with Crippen LogP contribution in [0.4, 0.5) is 0 Å². The van der Waals surface area contributed by atoms with Crippen molar-refractivity contribution in [3.05, 3.63) is 60.0 Å². The monoisotopic (exact) mass is 390 g/mol. The first kappa shape index (κ1) is 18.3. The molecule has 2 atom stereocenters. The van der Waals surface area contributed by atoms with Gasteiger partial charge in [-0.05, 0) is 30.4 Å². The number of piperidine rings is 1. The number of hydrazine groups is 1. The Kier molecular flexibility index (Phi) is 4.77. The molecule has 0 aliphatic carbocycles. The number of carbonyl (C=O) groups excluding carboxylic acids is 1. The molecule has 2 aliphatic rings. The number of nitrogens with zero attached hydrogens (tertiary/aromatic N) is 4. The second-order valence-corrected chi connectivity index (χ2v) is 8.12. The number of nitrogens with one attached hydrogen (secondary N) is 2. The van der Waals surface area contributed by atoms with Crippen LogP contribution in [-0.2, 0) is 7.05 Å². The fraction of sp³-hybridized carbons (Fsp3) is 0.409. The quantitative estimate of drug-likeness (QED) is 0.716. The zero-order valence-corrected chi connectivity index (χ0v) is 16.6. The van der Waals surface area contributed by atoms with Gasteiger partial charge in [-0.2, -0.15) is 0 Å². The molecule has 0 radical (unpaired) electrons. The lowest BCUT2D eigenvalue weighted by molar-refractivity contribution is 0.0670. The smallest absolute Gasteiger partial charge is 0.255 e. The molecule has 2 aliphatic heterocycles. The van der Waals surface area contributed by atoms with E-state index in [1.807, 2.05) is 22.6 Å². The van der Waals surface area contributed by atoms with Gasteiger partial charge in [-0.15, -0.1) is 0 Å². The van der Waals surface area contributed by atoms with Crippen LogP contribution >= 0.6 is 0 Å². The van der Waals surface area contributed by atoms with E-state index in [0.29, 0.717) is 23.4 Å². The van der Waals surface area contributed by atoms with Crippen LogP contribution in [0.5, 0.6) is 0 Å². The summed E-state index contributed by atoms with van der Waals surface area (Å²) >= 11 is 0. The van der Waals surface area contributed by atoms with Crippen LogP contribution in [0.25, 0.3) is 11.2 Å². The summed E-state index contributed by atoms with van der Waals surface area (Å²) in [6.07, 6.45) is 5.41. The van der Waals surface area contributed by atoms with Crippen molar-refractivity contribution in [2.45, 2.75) is 24.8 Å². The Bertz CT molecular complexity index is 1010. The predicted octanol–water partition coefficient (Wildman–Crippen LogP) is 2.08. The Morgan fingerprint density at radius 3 is 2.72 bits per heavy atom. The molecule has 5 rings (SSSR count). The standard InChI is InChI=1S/C22H26N6O/c1-27-14-24-19-11-17(12-23-21(19)27)22(29)28-9-7-16(8-10-28)20-18(13-25-26-20)15-5-3-2-4-6-15/h2-6,11-12,14,16,18,20,25-26H,7-10,13H2,1H3. The third kappa shape index (κ3) is 3.41. The van der Waals surface area contributed by atoms with Crippen molar-refractivity contribution in [3.8, 4) is 0 Å². The first-order valence-corrected chi connectivity index (χ1v) is 10.3. The molecule has 0 saturated carbocycles. The minimum absolute atomic E-state index is 0.0561. The zero-order valence-electron chi connectivity index (χ0n) is 16.6. The molecule has 0 bridgehead atoms. The third-order valence-corrected chi connectivity index (χ3v) is 6.38. The fourth-order valence-electron chi connectivity index (χ4n) is 4.76. The SMILES string of the molecule is Cn1cnc2cc(C(=O)N3CCC(C4NNCC4c4ccccc4)CC3)cnc21. The number of benzene rings is 1. The maximum Gasteiger partial charge on any atom is 0.255 e. The van der Waals surface area contributed by atoms with Crippen LogP contribution in [0.3, 0.4) is 0 Å². The predicted molar refractivity (Wildman–Crippen MR) is 111 cm³/mol. The summed E-state index contributed by atoms with van der Waals surface area (Å²) < 4.78 is 1.86. The Hall–Kier alpha value is -2.77. The Labute approximate surface area is 170 Å². The number of aryl methyl sites for hydroxylation is 1. The highest BCUT2D eigenvalue weighted by molar-refractivity contribution is 5.96. The molecule has 2 N–H and O–H groups in total. The number of likely N-dealkylation sites (tertiary alicyclic amines) is 1. The molecule has 7 nitrogen and oxygen atoms in total. The lowest BCUT2D eigenvalue weighted by Crippen LogP contribution is -2.45. The minimum Gasteiger partial charge on any atom is -0.339 e. The molecule has 29 heavy (non-hydrogen) atoms. The molecule has 1 amide bonds. The summed E-state index contributed by atoms with van der Waals surface area (Å²) in [6, 6.07) is 13.0. The van der Waals surface area contributed by atoms with E-state index in [-0.39, 0.29) is 5.91 Å². The van der Waals surface area contributed by atoms with Crippen LogP contribution < -0.4 is 10.9 Å². The van der Waals surface area contributed by atoms with Gasteiger partial charge in [-0.25, -0.2) is 9.97 Å². The normalized spacial score (nSPS) is 23.0. The van der Waals surface area contributed by atoms with Crippen LogP contribution in [0.2, 0.25) is 0 Å². The summed E-state index contributed by atoms with van der Waals surface area (Å²) in [5, 5.41) is 0. The van der Waals surface area contributed by atoms with E-state index in [1.54, 1.807) is 12.5 Å². The highest BCUT2D eigenvalue weighted by Crippen LogP contribution is 2.32. The van der Waals surface area contributed by atoms with Crippen molar-refractivity contribution < 1.29 is 4.79 Å². The average molecular weight is 390 g/mol. The number of pyridine rings is 1. The van der Waals surface area contributed by atoms with Gasteiger partial charge in [0.2, 0.25) is 0 Å². The van der Waals surface area contributed by atoms with Crippen molar-refractivity contribution in [3.63, 3.8) is 0 Å². The number of fused-ring (bicyclic) bond motifs is 1. The van der Waals surface area contributed by atoms with Gasteiger partial charge in [0, 0.05) is 44.8 Å². The molecule has 7 heteroatoms. The molecule has 3 aromatic rings. The van der Waals surface area contributed by atoms with Gasteiger partial charge in [0.25, 0.3) is 5.91 Å². The van der Waals surface area contributed by atoms with E-state index in [2.05, 4.69) is 51.2 Å². The van der Waals surface area contributed by atoms with Gasteiger partial charge in [0.15, 0.2) is 5.65 Å². The van der Waals surface area contributed by atoms with Crippen LogP contribution in [0.1, 0.15) is 34.7 Å². The Morgan fingerprint density at radius 1 is 1.14 bits per heavy atom. The lowest BCUT2D eigenvalue weighted by Gasteiger charge is -2.36. The maximum absolute atomic E-state index is 13.0. The van der Waals surface area contributed by atoms with Crippen molar-refractivity contribution >= 4 is 17.1 Å². The summed E-state index contributed by atoms with van der Waals surface area (Å²) in [6.45, 7) is 2.51. The Morgan fingerprint density at radius 2 is 1.93 bits per heavy atom. The Balaban J connectivity index is 1.25. The second kappa shape index (κ2) is 7.57. The van der Waals surface area contributed by atoms with E-state index < -0.39 is 0 Å². The highest BCUT2D eigenvalue weighted by atomic mass is 16.2. The topological polar surface area (TPSA) is 75.1 Å². The molecule has 4 heterocycles. The lowest BCUT2D eigenvalue weighted by atomic mass is 9.80. The molecule has 150 valence electrons. The summed E-state index contributed by atoms with van der Waals surface area (Å²) in [4.78, 5) is 23.7. The van der Waals surface area contributed by atoms with Gasteiger partial charge in [-0.1, -0.05) is 30.3 Å². The number of hydrogen-bond donors (Lipinski definition) is 2. The third-order valence-electron chi connectivity index (χ3n) is 6.38. The minimum atomic E-state index is 0.0561. The summed E-state index contributed by atoms with van der Waals surface area (Å²) in [7, 11) is 1.91. The van der Waals surface area contributed by atoms with Crippen LogP contribution in [0, 0.1) is 5.92 Å². The molecular formula is C22H26N6O. The van der Waals surface area contributed by atoms with Crippen molar-refractivity contribution in [2.75, 3.05) is 19.6 Å². The number of carbonyl (C=O) groups is 1. The maximum atomic E-state index is 13.0. The number of amides is 1. The molecule has 2 unspecified atom stereocenters. The molecular weight excluding hydrogens is 364 g/mol. The number of hydrogen-bond acceptors (Lipinski definition) is 5. The van der Waals surface area contributed by atoms with E-state index in [0.717, 1.165) is 43.6 Å². The van der Waals surface area contributed by atoms with Crippen molar-refractivity contribution in [1.82, 2.24) is 30.3 Å². The van der Waals surface area contributed by atoms with Gasteiger partial charge < -0.3 is 9.47 Å². The van der Waals surface area contributed by atoms with E-state index in [4.69, 9.17) is 0 Å². The highest BCUT2D eigenvalue weighted by Gasteiger charge is 2.37. The van der Waals surface area contributed by atoms with E-state index >= 15 is 0 Å². The van der Waals surface area contributed by atoms with Crippen LogP contribution in [-0.4, -0.2) is 51.0 Å². The first-order valence-electron chi connectivity index (χ1n) is 10.3. The molecule has 2 fully saturated rings. The second-order valence-electron chi connectivity index (χ2n) is 8.12. The van der Waals surface area contributed by atoms with Gasteiger partial charge in [0.1, 0.15) is 5.52 Å². The largest absolute Gasteiger partial charge is 0.339 e. The van der Waals surface area contributed by atoms with Crippen LogP contribution in [0.15, 0.2) is 48.9 Å². The molecule has 2 aromatic heterocycles.